The minimum atomic E-state index is -3.66. The van der Waals surface area contributed by atoms with Crippen LogP contribution in [0.15, 0.2) is 29.2 Å². The van der Waals surface area contributed by atoms with Crippen molar-refractivity contribution < 1.29 is 8.42 Å². The molecule has 21 heavy (non-hydrogen) atoms. The maximum absolute atomic E-state index is 12.6. The highest BCUT2D eigenvalue weighted by molar-refractivity contribution is 7.89. The van der Waals surface area contributed by atoms with Crippen molar-refractivity contribution in [2.24, 2.45) is 0 Å². The summed E-state index contributed by atoms with van der Waals surface area (Å²) in [6, 6.07) is 6.46. The molecule has 0 radical (unpaired) electrons. The predicted octanol–water partition coefficient (Wildman–Crippen LogP) is 1.45. The lowest BCUT2D eigenvalue weighted by Gasteiger charge is -2.26. The molecule has 2 aliphatic rings. The molecule has 1 aliphatic carbocycles. The van der Waals surface area contributed by atoms with Gasteiger partial charge in [-0.25, -0.2) is 12.7 Å². The first-order valence-electron chi connectivity index (χ1n) is 7.23. The third-order valence-electron chi connectivity index (χ3n) is 4.29. The smallest absolute Gasteiger partial charge is 0.266 e. The molecule has 3 rings (SSSR count). The lowest BCUT2D eigenvalue weighted by molar-refractivity contribution is 0.342. The minimum absolute atomic E-state index is 0.110. The van der Waals surface area contributed by atoms with Crippen LogP contribution in [0.25, 0.3) is 0 Å². The van der Waals surface area contributed by atoms with Crippen LogP contribution in [0.3, 0.4) is 0 Å². The lowest BCUT2D eigenvalue weighted by Crippen LogP contribution is -2.40. The van der Waals surface area contributed by atoms with Crippen molar-refractivity contribution in [2.45, 2.75) is 36.6 Å². The predicted molar refractivity (Wildman–Crippen MR) is 81.4 cm³/mol. The zero-order valence-electron chi connectivity index (χ0n) is 11.8. The third-order valence-corrected chi connectivity index (χ3v) is 6.09. The molecule has 1 aromatic carbocycles. The second kappa shape index (κ2) is 5.22. The molecule has 2 fully saturated rings. The number of nitrogens with two attached hydrogens (primary N) is 1. The molecule has 0 bridgehead atoms. The van der Waals surface area contributed by atoms with E-state index in [1.807, 2.05) is 4.90 Å². The molecule has 0 unspecified atom stereocenters. The summed E-state index contributed by atoms with van der Waals surface area (Å²) < 4.78 is 26.5. The molecule has 0 aromatic heterocycles. The van der Waals surface area contributed by atoms with Crippen molar-refractivity contribution in [1.29, 1.82) is 5.41 Å². The second-order valence-electron chi connectivity index (χ2n) is 5.60. The number of nitrogen functional groups attached to an aromatic ring is 1. The summed E-state index contributed by atoms with van der Waals surface area (Å²) in [5.74, 6) is 0.110. The van der Waals surface area contributed by atoms with Gasteiger partial charge in [-0.1, -0.05) is 12.8 Å². The standard InChI is InChI=1S/C14H20N4O2S/c15-11-5-7-13(8-6-11)21(19,20)18-10-9-17(14(18)16)12-3-1-2-4-12/h5-8,12,16H,1-4,9-10,15H2. The van der Waals surface area contributed by atoms with Gasteiger partial charge < -0.3 is 10.6 Å². The molecular formula is C14H20N4O2S. The van der Waals surface area contributed by atoms with Crippen LogP contribution in [0.4, 0.5) is 5.69 Å². The summed E-state index contributed by atoms with van der Waals surface area (Å²) >= 11 is 0. The molecule has 1 saturated carbocycles. The Morgan fingerprint density at radius 2 is 1.71 bits per heavy atom. The van der Waals surface area contributed by atoms with Crippen molar-refractivity contribution in [1.82, 2.24) is 9.21 Å². The molecule has 1 aromatic rings. The summed E-state index contributed by atoms with van der Waals surface area (Å²) in [7, 11) is -3.66. The van der Waals surface area contributed by atoms with E-state index in [9.17, 15) is 8.42 Å². The van der Waals surface area contributed by atoms with E-state index >= 15 is 0 Å². The third kappa shape index (κ3) is 2.46. The summed E-state index contributed by atoms with van der Waals surface area (Å²) in [4.78, 5) is 2.12. The first kappa shape index (κ1) is 14.2. The van der Waals surface area contributed by atoms with Crippen LogP contribution < -0.4 is 5.73 Å². The van der Waals surface area contributed by atoms with Gasteiger partial charge in [0.25, 0.3) is 10.0 Å². The van der Waals surface area contributed by atoms with E-state index in [1.54, 1.807) is 12.1 Å². The van der Waals surface area contributed by atoms with Crippen molar-refractivity contribution in [3.8, 4) is 0 Å². The van der Waals surface area contributed by atoms with Crippen LogP contribution in [-0.4, -0.2) is 42.7 Å². The average molecular weight is 308 g/mol. The summed E-state index contributed by atoms with van der Waals surface area (Å²) in [5.41, 5.74) is 6.12. The van der Waals surface area contributed by atoms with Crippen LogP contribution in [0.1, 0.15) is 25.7 Å². The van der Waals surface area contributed by atoms with Crippen LogP contribution >= 0.6 is 0 Å². The number of rotatable bonds is 3. The van der Waals surface area contributed by atoms with Gasteiger partial charge in [0.15, 0.2) is 0 Å². The highest BCUT2D eigenvalue weighted by Crippen LogP contribution is 2.28. The van der Waals surface area contributed by atoms with E-state index in [0.29, 0.717) is 24.8 Å². The first-order valence-corrected chi connectivity index (χ1v) is 8.67. The minimum Gasteiger partial charge on any atom is -0.399 e. The second-order valence-corrected chi connectivity index (χ2v) is 7.46. The van der Waals surface area contributed by atoms with Gasteiger partial charge in [0.05, 0.1) is 11.4 Å². The molecule has 1 heterocycles. The van der Waals surface area contributed by atoms with Crippen molar-refractivity contribution in [3.63, 3.8) is 0 Å². The number of hydrogen-bond acceptors (Lipinski definition) is 4. The maximum Gasteiger partial charge on any atom is 0.266 e. The molecule has 1 aliphatic heterocycles. The molecule has 6 nitrogen and oxygen atoms in total. The Kier molecular flexibility index (Phi) is 3.52. The summed E-state index contributed by atoms with van der Waals surface area (Å²) in [6.45, 7) is 0.958. The lowest BCUT2D eigenvalue weighted by atomic mass is 10.2. The Balaban J connectivity index is 1.83. The Morgan fingerprint density at radius 3 is 2.33 bits per heavy atom. The van der Waals surface area contributed by atoms with E-state index in [1.165, 1.54) is 29.3 Å². The molecule has 7 heteroatoms. The Morgan fingerprint density at radius 1 is 1.10 bits per heavy atom. The van der Waals surface area contributed by atoms with Crippen molar-refractivity contribution in [2.75, 3.05) is 18.8 Å². The SMILES string of the molecule is N=C1N(C2CCCC2)CCN1S(=O)(=O)c1ccc(N)cc1. The molecule has 0 amide bonds. The van der Waals surface area contributed by atoms with Crippen molar-refractivity contribution >= 4 is 21.7 Å². The van der Waals surface area contributed by atoms with Gasteiger partial charge in [-0.2, -0.15) is 0 Å². The number of nitrogens with zero attached hydrogens (tertiary/aromatic N) is 2. The molecule has 1 saturated heterocycles. The topological polar surface area (TPSA) is 90.5 Å². The summed E-state index contributed by atoms with van der Waals surface area (Å²) in [6.07, 6.45) is 4.44. The normalized spacial score (nSPS) is 20.5. The molecule has 114 valence electrons. The highest BCUT2D eigenvalue weighted by Gasteiger charge is 2.38. The van der Waals surface area contributed by atoms with Crippen LogP contribution in [0.2, 0.25) is 0 Å². The Hall–Kier alpha value is -1.76. The van der Waals surface area contributed by atoms with Gasteiger partial charge in [0.2, 0.25) is 5.96 Å². The molecule has 0 spiro atoms. The number of sulfonamides is 1. The van der Waals surface area contributed by atoms with Gasteiger partial charge in [-0.3, -0.25) is 5.41 Å². The zero-order chi connectivity index (χ0) is 15.0. The Bertz CT molecular complexity index is 635. The number of hydrogen-bond donors (Lipinski definition) is 2. The van der Waals surface area contributed by atoms with Crippen molar-refractivity contribution in [3.05, 3.63) is 24.3 Å². The van der Waals surface area contributed by atoms with Crippen LogP contribution in [0.5, 0.6) is 0 Å². The maximum atomic E-state index is 12.6. The fraction of sp³-hybridized carbons (Fsp3) is 0.500. The molecule has 3 N–H and O–H groups in total. The van der Waals surface area contributed by atoms with Crippen LogP contribution in [0, 0.1) is 5.41 Å². The quantitative estimate of drug-likeness (QED) is 0.827. The largest absolute Gasteiger partial charge is 0.399 e. The van der Waals surface area contributed by atoms with E-state index in [-0.39, 0.29) is 10.9 Å². The van der Waals surface area contributed by atoms with E-state index in [2.05, 4.69) is 0 Å². The van der Waals surface area contributed by atoms with Gasteiger partial charge in [0.1, 0.15) is 0 Å². The average Bonchev–Trinajstić information content (AvgIpc) is 3.08. The monoisotopic (exact) mass is 308 g/mol. The van der Waals surface area contributed by atoms with E-state index < -0.39 is 10.0 Å². The van der Waals surface area contributed by atoms with Gasteiger partial charge in [-0.15, -0.1) is 0 Å². The molecular weight excluding hydrogens is 288 g/mol. The summed E-state index contributed by atoms with van der Waals surface area (Å²) in [5, 5.41) is 8.22. The van der Waals surface area contributed by atoms with Crippen LogP contribution in [-0.2, 0) is 10.0 Å². The van der Waals surface area contributed by atoms with E-state index in [0.717, 1.165) is 12.8 Å². The fourth-order valence-electron chi connectivity index (χ4n) is 3.13. The highest BCUT2D eigenvalue weighted by atomic mass is 32.2. The van der Waals surface area contributed by atoms with Gasteiger partial charge >= 0.3 is 0 Å². The number of guanidine groups is 1. The fourth-order valence-corrected chi connectivity index (χ4v) is 4.52. The number of benzene rings is 1. The van der Waals surface area contributed by atoms with Gasteiger partial charge in [0, 0.05) is 18.3 Å². The Labute approximate surface area is 125 Å². The van der Waals surface area contributed by atoms with Gasteiger partial charge in [-0.05, 0) is 37.1 Å². The first-order chi connectivity index (χ1) is 10.00. The van der Waals surface area contributed by atoms with E-state index in [4.69, 9.17) is 11.1 Å². The number of nitrogens with one attached hydrogen (secondary N) is 1. The zero-order valence-corrected chi connectivity index (χ0v) is 12.6. The molecule has 0 atom stereocenters. The number of anilines is 1.